The standard InChI is InChI=1S/C13H12BrClN2O2/c1-8-6-9(16-19-8)7-17(2)13(18)10-4-3-5-11(14)12(10)15/h3-6H,7H2,1-2H3. The first-order valence-corrected chi connectivity index (χ1v) is 6.78. The van der Waals surface area contributed by atoms with Gasteiger partial charge < -0.3 is 9.42 Å². The lowest BCUT2D eigenvalue weighted by molar-refractivity contribution is 0.0782. The van der Waals surface area contributed by atoms with E-state index >= 15 is 0 Å². The second-order valence-corrected chi connectivity index (χ2v) is 5.42. The Morgan fingerprint density at radius 1 is 1.53 bits per heavy atom. The topological polar surface area (TPSA) is 46.3 Å². The molecular formula is C13H12BrClN2O2. The summed E-state index contributed by atoms with van der Waals surface area (Å²) in [7, 11) is 1.70. The third kappa shape index (κ3) is 3.16. The molecule has 0 aliphatic carbocycles. The first kappa shape index (κ1) is 14.1. The van der Waals surface area contributed by atoms with Crippen LogP contribution in [0.5, 0.6) is 0 Å². The highest BCUT2D eigenvalue weighted by atomic mass is 79.9. The lowest BCUT2D eigenvalue weighted by Gasteiger charge is -2.16. The third-order valence-corrected chi connectivity index (χ3v) is 3.90. The van der Waals surface area contributed by atoms with Gasteiger partial charge in [-0.2, -0.15) is 0 Å². The Balaban J connectivity index is 2.17. The Hall–Kier alpha value is -1.33. The molecular weight excluding hydrogens is 332 g/mol. The maximum Gasteiger partial charge on any atom is 0.255 e. The third-order valence-electron chi connectivity index (χ3n) is 2.60. The van der Waals surface area contributed by atoms with Gasteiger partial charge in [0.2, 0.25) is 0 Å². The minimum Gasteiger partial charge on any atom is -0.361 e. The number of halogens is 2. The largest absolute Gasteiger partial charge is 0.361 e. The highest BCUT2D eigenvalue weighted by Gasteiger charge is 2.17. The van der Waals surface area contributed by atoms with Crippen LogP contribution in [-0.4, -0.2) is 23.0 Å². The Kier molecular flexibility index (Phi) is 4.27. The van der Waals surface area contributed by atoms with Crippen LogP contribution in [0, 0.1) is 6.92 Å². The number of hydrogen-bond donors (Lipinski definition) is 0. The van der Waals surface area contributed by atoms with Crippen LogP contribution in [-0.2, 0) is 6.54 Å². The second-order valence-electron chi connectivity index (χ2n) is 4.19. The second kappa shape index (κ2) is 5.75. The fourth-order valence-electron chi connectivity index (χ4n) is 1.68. The number of nitrogens with zero attached hydrogens (tertiary/aromatic N) is 2. The van der Waals surface area contributed by atoms with Gasteiger partial charge in [0.25, 0.3) is 5.91 Å². The van der Waals surface area contributed by atoms with Crippen molar-refractivity contribution < 1.29 is 9.32 Å². The summed E-state index contributed by atoms with van der Waals surface area (Å²) in [5.74, 6) is 0.559. The number of hydrogen-bond acceptors (Lipinski definition) is 3. The van der Waals surface area contributed by atoms with Gasteiger partial charge in [-0.3, -0.25) is 4.79 Å². The predicted octanol–water partition coefficient (Wildman–Crippen LogP) is 3.67. The summed E-state index contributed by atoms with van der Waals surface area (Å²) in [6.07, 6.45) is 0. The summed E-state index contributed by atoms with van der Waals surface area (Å²) in [6.45, 7) is 2.18. The molecule has 1 amide bonds. The number of benzene rings is 1. The molecule has 1 aromatic heterocycles. The zero-order valence-corrected chi connectivity index (χ0v) is 12.8. The van der Waals surface area contributed by atoms with Crippen molar-refractivity contribution >= 4 is 33.4 Å². The molecule has 2 rings (SSSR count). The van der Waals surface area contributed by atoms with Crippen molar-refractivity contribution in [2.45, 2.75) is 13.5 Å². The molecule has 19 heavy (non-hydrogen) atoms. The number of carbonyl (C=O) groups excluding carboxylic acids is 1. The van der Waals surface area contributed by atoms with Gasteiger partial charge in [0.1, 0.15) is 11.5 Å². The smallest absolute Gasteiger partial charge is 0.255 e. The first-order chi connectivity index (χ1) is 8.99. The minimum absolute atomic E-state index is 0.160. The van der Waals surface area contributed by atoms with E-state index in [1.165, 1.54) is 0 Å². The van der Waals surface area contributed by atoms with Gasteiger partial charge >= 0.3 is 0 Å². The van der Waals surface area contributed by atoms with Crippen molar-refractivity contribution in [2.75, 3.05) is 7.05 Å². The molecule has 0 aliphatic rings. The SMILES string of the molecule is Cc1cc(CN(C)C(=O)c2cccc(Br)c2Cl)no1. The monoisotopic (exact) mass is 342 g/mol. The van der Waals surface area contributed by atoms with Crippen LogP contribution >= 0.6 is 27.5 Å². The van der Waals surface area contributed by atoms with E-state index in [9.17, 15) is 4.79 Å². The van der Waals surface area contributed by atoms with E-state index in [0.717, 1.165) is 5.76 Å². The molecule has 0 atom stereocenters. The lowest BCUT2D eigenvalue weighted by Crippen LogP contribution is -2.26. The highest BCUT2D eigenvalue weighted by molar-refractivity contribution is 9.10. The van der Waals surface area contributed by atoms with E-state index in [1.807, 2.05) is 6.92 Å². The van der Waals surface area contributed by atoms with E-state index in [-0.39, 0.29) is 5.91 Å². The van der Waals surface area contributed by atoms with Crippen LogP contribution in [0.25, 0.3) is 0 Å². The quantitative estimate of drug-likeness (QED) is 0.854. The Morgan fingerprint density at radius 2 is 2.26 bits per heavy atom. The molecule has 0 fully saturated rings. The van der Waals surface area contributed by atoms with E-state index in [2.05, 4.69) is 21.1 Å². The van der Waals surface area contributed by atoms with Crippen molar-refractivity contribution in [2.24, 2.45) is 0 Å². The van der Waals surface area contributed by atoms with Gasteiger partial charge in [0.15, 0.2) is 0 Å². The van der Waals surface area contributed by atoms with Crippen LogP contribution in [0.1, 0.15) is 21.8 Å². The zero-order valence-electron chi connectivity index (χ0n) is 10.5. The van der Waals surface area contributed by atoms with Gasteiger partial charge in [-0.15, -0.1) is 0 Å². The zero-order chi connectivity index (χ0) is 14.0. The predicted molar refractivity (Wildman–Crippen MR) is 76.2 cm³/mol. The summed E-state index contributed by atoms with van der Waals surface area (Å²) in [5, 5.41) is 4.27. The molecule has 100 valence electrons. The minimum atomic E-state index is -0.160. The van der Waals surface area contributed by atoms with E-state index < -0.39 is 0 Å². The summed E-state index contributed by atoms with van der Waals surface area (Å²) < 4.78 is 5.67. The molecule has 2 aromatic rings. The van der Waals surface area contributed by atoms with Crippen LogP contribution in [0.2, 0.25) is 5.02 Å². The Morgan fingerprint density at radius 3 is 2.89 bits per heavy atom. The highest BCUT2D eigenvalue weighted by Crippen LogP contribution is 2.27. The molecule has 1 aromatic carbocycles. The van der Waals surface area contributed by atoms with Crippen molar-refractivity contribution in [1.29, 1.82) is 0 Å². The maximum atomic E-state index is 12.3. The molecule has 0 radical (unpaired) electrons. The van der Waals surface area contributed by atoms with Crippen LogP contribution < -0.4 is 0 Å². The first-order valence-electron chi connectivity index (χ1n) is 5.60. The fraction of sp³-hybridized carbons (Fsp3) is 0.231. The maximum absolute atomic E-state index is 12.3. The molecule has 6 heteroatoms. The Bertz CT molecular complexity index is 612. The van der Waals surface area contributed by atoms with Crippen molar-refractivity contribution in [3.05, 3.63) is 50.8 Å². The van der Waals surface area contributed by atoms with Crippen LogP contribution in [0.3, 0.4) is 0 Å². The van der Waals surface area contributed by atoms with Crippen LogP contribution in [0.15, 0.2) is 33.3 Å². The van der Waals surface area contributed by atoms with Crippen LogP contribution in [0.4, 0.5) is 0 Å². The molecule has 0 N–H and O–H groups in total. The molecule has 0 unspecified atom stereocenters. The van der Waals surface area contributed by atoms with Crippen molar-refractivity contribution in [1.82, 2.24) is 10.1 Å². The normalized spacial score (nSPS) is 10.5. The van der Waals surface area contributed by atoms with Gasteiger partial charge in [-0.05, 0) is 35.0 Å². The number of aryl methyl sites for hydroxylation is 1. The fourth-order valence-corrected chi connectivity index (χ4v) is 2.25. The Labute approximate surface area is 124 Å². The van der Waals surface area contributed by atoms with Gasteiger partial charge in [-0.25, -0.2) is 0 Å². The molecule has 0 saturated carbocycles. The average molecular weight is 344 g/mol. The van der Waals surface area contributed by atoms with E-state index in [4.69, 9.17) is 16.1 Å². The van der Waals surface area contributed by atoms with Crippen molar-refractivity contribution in [3.63, 3.8) is 0 Å². The summed E-state index contributed by atoms with van der Waals surface area (Å²) in [6, 6.07) is 7.06. The number of amides is 1. The summed E-state index contributed by atoms with van der Waals surface area (Å²) in [5.41, 5.74) is 1.17. The lowest BCUT2D eigenvalue weighted by atomic mass is 10.2. The van der Waals surface area contributed by atoms with Gasteiger partial charge in [0, 0.05) is 17.6 Å². The summed E-state index contributed by atoms with van der Waals surface area (Å²) in [4.78, 5) is 13.8. The molecule has 1 heterocycles. The molecule has 0 aliphatic heterocycles. The molecule has 4 nitrogen and oxygen atoms in total. The van der Waals surface area contributed by atoms with Crippen molar-refractivity contribution in [3.8, 4) is 0 Å². The molecule has 0 bridgehead atoms. The number of aromatic nitrogens is 1. The molecule has 0 spiro atoms. The number of carbonyl (C=O) groups is 1. The summed E-state index contributed by atoms with van der Waals surface area (Å²) >= 11 is 9.41. The van der Waals surface area contributed by atoms with E-state index in [0.29, 0.717) is 27.3 Å². The number of rotatable bonds is 3. The van der Waals surface area contributed by atoms with Gasteiger partial charge in [-0.1, -0.05) is 22.8 Å². The molecule has 0 saturated heterocycles. The average Bonchev–Trinajstić information content (AvgIpc) is 2.77. The van der Waals surface area contributed by atoms with Gasteiger partial charge in [0.05, 0.1) is 17.1 Å². The van der Waals surface area contributed by atoms with E-state index in [1.54, 1.807) is 36.2 Å².